The largest absolute Gasteiger partial charge is 0.367 e. The van der Waals surface area contributed by atoms with E-state index in [4.69, 9.17) is 9.72 Å². The van der Waals surface area contributed by atoms with Gasteiger partial charge in [0.15, 0.2) is 0 Å². The fourth-order valence-corrected chi connectivity index (χ4v) is 5.36. The van der Waals surface area contributed by atoms with E-state index in [0.29, 0.717) is 0 Å². The highest BCUT2D eigenvalue weighted by Gasteiger charge is 2.59. The lowest BCUT2D eigenvalue weighted by molar-refractivity contribution is -0.0834. The van der Waals surface area contributed by atoms with Crippen molar-refractivity contribution in [2.75, 3.05) is 7.05 Å². The summed E-state index contributed by atoms with van der Waals surface area (Å²) in [5, 5.41) is 4.77. The summed E-state index contributed by atoms with van der Waals surface area (Å²) in [7, 11) is 2.04. The Morgan fingerprint density at radius 3 is 2.47 bits per heavy atom. The molecular formula is C15H24N2OS. The summed E-state index contributed by atoms with van der Waals surface area (Å²) < 4.78 is 6.30. The fraction of sp³-hybridized carbons (Fsp3) is 0.800. The van der Waals surface area contributed by atoms with Gasteiger partial charge in [0.05, 0.1) is 16.9 Å². The zero-order valence-electron chi connectivity index (χ0n) is 12.6. The maximum Gasteiger partial charge on any atom is 0.116 e. The van der Waals surface area contributed by atoms with Crippen LogP contribution in [0.2, 0.25) is 0 Å². The second-order valence-electron chi connectivity index (χ2n) is 6.95. The molecule has 1 unspecified atom stereocenters. The molecule has 1 atom stereocenters. The molecule has 3 rings (SSSR count). The third-order valence-electron chi connectivity index (χ3n) is 4.64. The van der Waals surface area contributed by atoms with E-state index in [0.717, 1.165) is 12.8 Å². The maximum absolute atomic E-state index is 6.30. The number of thiazole rings is 1. The molecule has 0 spiro atoms. The average molecular weight is 280 g/mol. The number of fused-ring (bicyclic) bond motifs is 1. The van der Waals surface area contributed by atoms with Crippen LogP contribution in [-0.2, 0) is 23.1 Å². The van der Waals surface area contributed by atoms with Crippen LogP contribution in [0.3, 0.4) is 0 Å². The molecule has 0 saturated carbocycles. The number of likely N-dealkylation sites (N-methyl/N-ethyl adjacent to an activating group) is 1. The lowest BCUT2D eigenvalue weighted by Crippen LogP contribution is -2.53. The van der Waals surface area contributed by atoms with E-state index in [1.165, 1.54) is 28.4 Å². The number of aryl methyl sites for hydroxylation is 2. The SMILES string of the molecule is CNC1(c2nc3c(s2)CCC3)CC(C)(C)OC1(C)C. The molecule has 0 bridgehead atoms. The standard InChI is InChI=1S/C15H24N2OS/c1-13(2)9-15(16-5,14(3,4)18-13)12-17-10-7-6-8-11(10)19-12/h16H,6-9H2,1-5H3. The Bertz CT molecular complexity index is 485. The first-order valence-corrected chi connectivity index (χ1v) is 7.99. The van der Waals surface area contributed by atoms with Crippen LogP contribution in [0.15, 0.2) is 0 Å². The lowest BCUT2D eigenvalue weighted by Gasteiger charge is -2.38. The molecule has 106 valence electrons. The summed E-state index contributed by atoms with van der Waals surface area (Å²) in [6.07, 6.45) is 4.59. The predicted molar refractivity (Wildman–Crippen MR) is 78.7 cm³/mol. The van der Waals surface area contributed by atoms with E-state index in [1.807, 2.05) is 18.4 Å². The lowest BCUT2D eigenvalue weighted by atomic mass is 9.79. The highest BCUT2D eigenvalue weighted by atomic mass is 32.1. The number of hydrogen-bond acceptors (Lipinski definition) is 4. The first kappa shape index (κ1) is 13.5. The van der Waals surface area contributed by atoms with Crippen LogP contribution in [0.1, 0.15) is 56.1 Å². The molecule has 1 aromatic heterocycles. The maximum atomic E-state index is 6.30. The van der Waals surface area contributed by atoms with Crippen LogP contribution in [0, 0.1) is 0 Å². The van der Waals surface area contributed by atoms with E-state index < -0.39 is 0 Å². The van der Waals surface area contributed by atoms with Gasteiger partial charge in [0.1, 0.15) is 10.5 Å². The van der Waals surface area contributed by atoms with Crippen molar-refractivity contribution in [1.29, 1.82) is 0 Å². The van der Waals surface area contributed by atoms with E-state index in [9.17, 15) is 0 Å². The van der Waals surface area contributed by atoms with Crippen molar-refractivity contribution in [3.05, 3.63) is 15.6 Å². The second-order valence-corrected chi connectivity index (χ2v) is 8.03. The third-order valence-corrected chi connectivity index (χ3v) is 5.96. The first-order valence-electron chi connectivity index (χ1n) is 7.18. The predicted octanol–water partition coefficient (Wildman–Crippen LogP) is 3.02. The van der Waals surface area contributed by atoms with Gasteiger partial charge in [-0.15, -0.1) is 11.3 Å². The molecule has 2 heterocycles. The van der Waals surface area contributed by atoms with Gasteiger partial charge in [-0.05, 0) is 54.0 Å². The zero-order chi connectivity index (χ0) is 13.9. The molecule has 3 nitrogen and oxygen atoms in total. The average Bonchev–Trinajstić information content (AvgIpc) is 2.87. The molecular weight excluding hydrogens is 256 g/mol. The number of ether oxygens (including phenoxy) is 1. The molecule has 0 amide bonds. The summed E-state index contributed by atoms with van der Waals surface area (Å²) in [6, 6.07) is 0. The van der Waals surface area contributed by atoms with Crippen LogP contribution in [0.25, 0.3) is 0 Å². The molecule has 1 aromatic rings. The van der Waals surface area contributed by atoms with Crippen molar-refractivity contribution in [2.24, 2.45) is 0 Å². The smallest absolute Gasteiger partial charge is 0.116 e. The van der Waals surface area contributed by atoms with Crippen LogP contribution >= 0.6 is 11.3 Å². The van der Waals surface area contributed by atoms with Crippen molar-refractivity contribution < 1.29 is 4.74 Å². The number of hydrogen-bond donors (Lipinski definition) is 1. The Morgan fingerprint density at radius 1 is 1.21 bits per heavy atom. The molecule has 19 heavy (non-hydrogen) atoms. The number of rotatable bonds is 2. The second kappa shape index (κ2) is 4.03. The van der Waals surface area contributed by atoms with E-state index in [-0.39, 0.29) is 16.7 Å². The van der Waals surface area contributed by atoms with Gasteiger partial charge in [-0.1, -0.05) is 0 Å². The zero-order valence-corrected chi connectivity index (χ0v) is 13.4. The number of aromatic nitrogens is 1. The summed E-state index contributed by atoms with van der Waals surface area (Å²) in [6.45, 7) is 8.72. The molecule has 1 fully saturated rings. The van der Waals surface area contributed by atoms with Gasteiger partial charge in [0, 0.05) is 11.3 Å². The first-order chi connectivity index (χ1) is 8.80. The van der Waals surface area contributed by atoms with Gasteiger partial charge >= 0.3 is 0 Å². The van der Waals surface area contributed by atoms with Crippen molar-refractivity contribution in [3.63, 3.8) is 0 Å². The summed E-state index contributed by atoms with van der Waals surface area (Å²) in [5.74, 6) is 0. The Labute approximate surface area is 119 Å². The molecule has 1 aliphatic carbocycles. The van der Waals surface area contributed by atoms with Gasteiger partial charge in [-0.25, -0.2) is 4.98 Å². The highest BCUT2D eigenvalue weighted by Crippen LogP contribution is 2.52. The molecule has 1 aliphatic heterocycles. The molecule has 2 aliphatic rings. The van der Waals surface area contributed by atoms with Crippen LogP contribution in [-0.4, -0.2) is 23.2 Å². The van der Waals surface area contributed by atoms with Gasteiger partial charge in [0.25, 0.3) is 0 Å². The number of nitrogens with zero attached hydrogens (tertiary/aromatic N) is 1. The molecule has 1 N–H and O–H groups in total. The van der Waals surface area contributed by atoms with E-state index in [2.05, 4.69) is 33.0 Å². The van der Waals surface area contributed by atoms with Gasteiger partial charge in [0.2, 0.25) is 0 Å². The third kappa shape index (κ3) is 1.88. The van der Waals surface area contributed by atoms with Crippen molar-refractivity contribution in [1.82, 2.24) is 10.3 Å². The quantitative estimate of drug-likeness (QED) is 0.904. The Kier molecular flexibility index (Phi) is 2.87. The minimum absolute atomic E-state index is 0.109. The van der Waals surface area contributed by atoms with E-state index >= 15 is 0 Å². The van der Waals surface area contributed by atoms with Crippen LogP contribution < -0.4 is 5.32 Å². The summed E-state index contributed by atoms with van der Waals surface area (Å²) in [5.41, 5.74) is 0.820. The van der Waals surface area contributed by atoms with Crippen molar-refractivity contribution in [2.45, 2.75) is 70.1 Å². The molecule has 0 radical (unpaired) electrons. The Morgan fingerprint density at radius 2 is 1.95 bits per heavy atom. The minimum Gasteiger partial charge on any atom is -0.367 e. The Balaban J connectivity index is 2.07. The number of nitrogens with one attached hydrogen (secondary N) is 1. The van der Waals surface area contributed by atoms with E-state index in [1.54, 1.807) is 0 Å². The topological polar surface area (TPSA) is 34.2 Å². The minimum atomic E-state index is -0.239. The molecule has 0 aromatic carbocycles. The van der Waals surface area contributed by atoms with Crippen molar-refractivity contribution >= 4 is 11.3 Å². The van der Waals surface area contributed by atoms with Gasteiger partial charge in [-0.3, -0.25) is 0 Å². The normalized spacial score (nSPS) is 31.6. The molecule has 4 heteroatoms. The van der Waals surface area contributed by atoms with Gasteiger partial charge < -0.3 is 10.1 Å². The van der Waals surface area contributed by atoms with Crippen LogP contribution in [0.5, 0.6) is 0 Å². The fourth-order valence-electron chi connectivity index (χ4n) is 3.87. The van der Waals surface area contributed by atoms with Crippen LogP contribution in [0.4, 0.5) is 0 Å². The van der Waals surface area contributed by atoms with Crippen molar-refractivity contribution in [3.8, 4) is 0 Å². The van der Waals surface area contributed by atoms with Gasteiger partial charge in [-0.2, -0.15) is 0 Å². The summed E-state index contributed by atoms with van der Waals surface area (Å²) in [4.78, 5) is 6.44. The summed E-state index contributed by atoms with van der Waals surface area (Å²) >= 11 is 1.89. The molecule has 1 saturated heterocycles. The highest BCUT2D eigenvalue weighted by molar-refractivity contribution is 7.12. The monoisotopic (exact) mass is 280 g/mol. The Hall–Kier alpha value is -0.450.